The fraction of sp³-hybridized carbons (Fsp3) is 0.712. The van der Waals surface area contributed by atoms with Crippen molar-refractivity contribution >= 4 is 17.9 Å². The van der Waals surface area contributed by atoms with Gasteiger partial charge in [0.05, 0.1) is 0 Å². The van der Waals surface area contributed by atoms with Crippen LogP contribution in [0.25, 0.3) is 0 Å². The molecule has 0 amide bonds. The van der Waals surface area contributed by atoms with Crippen molar-refractivity contribution in [1.82, 2.24) is 0 Å². The van der Waals surface area contributed by atoms with Crippen molar-refractivity contribution in [2.45, 2.75) is 322 Å². The molecule has 0 N–H and O–H groups in total. The molecule has 6 nitrogen and oxygen atoms in total. The lowest BCUT2D eigenvalue weighted by atomic mass is 10.1. The topological polar surface area (TPSA) is 78.9 Å². The van der Waals surface area contributed by atoms with Gasteiger partial charge < -0.3 is 14.2 Å². The van der Waals surface area contributed by atoms with Gasteiger partial charge in [0, 0.05) is 19.3 Å². The average Bonchev–Trinajstić information content (AvgIpc) is 3.45. The molecule has 452 valence electrons. The monoisotopic (exact) mass is 1100 g/mol. The minimum atomic E-state index is -0.791. The summed E-state index contributed by atoms with van der Waals surface area (Å²) in [7, 11) is 0. The van der Waals surface area contributed by atoms with E-state index >= 15 is 0 Å². The lowest BCUT2D eigenvalue weighted by Crippen LogP contribution is -2.30. The van der Waals surface area contributed by atoms with Crippen molar-refractivity contribution in [1.29, 1.82) is 0 Å². The summed E-state index contributed by atoms with van der Waals surface area (Å²) in [5.74, 6) is -0.901. The van der Waals surface area contributed by atoms with Gasteiger partial charge in [0.15, 0.2) is 6.10 Å². The van der Waals surface area contributed by atoms with E-state index in [0.29, 0.717) is 19.3 Å². The number of hydrogen-bond acceptors (Lipinski definition) is 6. The first-order valence-corrected chi connectivity index (χ1v) is 33.4. The van der Waals surface area contributed by atoms with Crippen LogP contribution in [0.1, 0.15) is 316 Å². The summed E-state index contributed by atoms with van der Waals surface area (Å²) < 4.78 is 16.9. The molecule has 6 heteroatoms. The van der Waals surface area contributed by atoms with Crippen LogP contribution in [0.2, 0.25) is 0 Å². The maximum Gasteiger partial charge on any atom is 0.306 e. The summed E-state index contributed by atoms with van der Waals surface area (Å²) in [4.78, 5) is 38.4. The molecule has 0 aromatic carbocycles. The molecule has 0 aliphatic heterocycles. The van der Waals surface area contributed by atoms with E-state index in [4.69, 9.17) is 14.2 Å². The van der Waals surface area contributed by atoms with Crippen molar-refractivity contribution in [2.75, 3.05) is 13.2 Å². The van der Waals surface area contributed by atoms with Crippen LogP contribution in [-0.2, 0) is 28.6 Å². The second-order valence-electron chi connectivity index (χ2n) is 22.0. The first kappa shape index (κ1) is 75.1. The highest BCUT2D eigenvalue weighted by Crippen LogP contribution is 2.16. The zero-order chi connectivity index (χ0) is 57.1. The van der Waals surface area contributed by atoms with Gasteiger partial charge in [0.1, 0.15) is 13.2 Å². The molecule has 1 unspecified atom stereocenters. The highest BCUT2D eigenvalue weighted by molar-refractivity contribution is 5.71. The number of carbonyl (C=O) groups is 3. The van der Waals surface area contributed by atoms with E-state index < -0.39 is 6.10 Å². The largest absolute Gasteiger partial charge is 0.462 e. The summed E-state index contributed by atoms with van der Waals surface area (Å²) in [5.41, 5.74) is 0. The molecule has 0 spiro atoms. The predicted molar refractivity (Wildman–Crippen MR) is 343 cm³/mol. The van der Waals surface area contributed by atoms with Gasteiger partial charge in [-0.05, 0) is 128 Å². The number of ether oxygens (including phenoxy) is 3. The third-order valence-electron chi connectivity index (χ3n) is 14.2. The summed E-state index contributed by atoms with van der Waals surface area (Å²) in [6.07, 6.45) is 90.9. The predicted octanol–water partition coefficient (Wildman–Crippen LogP) is 23.0. The molecule has 0 heterocycles. The Hall–Kier alpha value is -3.93. The zero-order valence-corrected chi connectivity index (χ0v) is 51.9. The lowest BCUT2D eigenvalue weighted by Gasteiger charge is -2.18. The number of hydrogen-bond donors (Lipinski definition) is 0. The van der Waals surface area contributed by atoms with Gasteiger partial charge in [-0.15, -0.1) is 0 Å². The molecule has 0 aliphatic rings. The Bertz CT molecular complexity index is 1590. The normalized spacial score (nSPS) is 12.8. The summed E-state index contributed by atoms with van der Waals surface area (Å²) in [6, 6.07) is 0. The van der Waals surface area contributed by atoms with E-state index in [1.165, 1.54) is 161 Å². The van der Waals surface area contributed by atoms with Crippen LogP contribution in [-0.4, -0.2) is 37.2 Å². The van der Waals surface area contributed by atoms with Crippen molar-refractivity contribution < 1.29 is 28.6 Å². The van der Waals surface area contributed by atoms with E-state index in [0.717, 1.165) is 116 Å². The molecule has 0 aromatic rings. The Morgan fingerprint density at radius 2 is 0.494 bits per heavy atom. The van der Waals surface area contributed by atoms with E-state index in [1.807, 2.05) is 0 Å². The molecular formula is C73H124O6. The van der Waals surface area contributed by atoms with Gasteiger partial charge in [-0.3, -0.25) is 14.4 Å². The molecule has 79 heavy (non-hydrogen) atoms. The van der Waals surface area contributed by atoms with Gasteiger partial charge in [0.25, 0.3) is 0 Å². The number of rotatable bonds is 60. The molecule has 0 saturated heterocycles. The second-order valence-corrected chi connectivity index (χ2v) is 22.0. The molecule has 0 aliphatic carbocycles. The molecule has 1 atom stereocenters. The Balaban J connectivity index is 4.35. The Morgan fingerprint density at radius 1 is 0.266 bits per heavy atom. The Labute approximate surface area is 489 Å². The first-order chi connectivity index (χ1) is 39.0. The second kappa shape index (κ2) is 66.6. The van der Waals surface area contributed by atoms with Crippen LogP contribution in [0.15, 0.2) is 109 Å². The van der Waals surface area contributed by atoms with Gasteiger partial charge >= 0.3 is 17.9 Å². The molecule has 0 saturated carbocycles. The smallest absolute Gasteiger partial charge is 0.306 e. The third-order valence-corrected chi connectivity index (χ3v) is 14.2. The van der Waals surface area contributed by atoms with Crippen LogP contribution < -0.4 is 0 Å². The van der Waals surface area contributed by atoms with Crippen molar-refractivity contribution in [3.8, 4) is 0 Å². The van der Waals surface area contributed by atoms with Crippen LogP contribution in [0, 0.1) is 0 Å². The van der Waals surface area contributed by atoms with Gasteiger partial charge in [0.2, 0.25) is 0 Å². The molecular weight excluding hydrogens is 973 g/mol. The van der Waals surface area contributed by atoms with Gasteiger partial charge in [-0.1, -0.05) is 278 Å². The minimum absolute atomic E-state index is 0.0869. The first-order valence-electron chi connectivity index (χ1n) is 33.4. The van der Waals surface area contributed by atoms with Crippen molar-refractivity contribution in [3.63, 3.8) is 0 Å². The highest BCUT2D eigenvalue weighted by atomic mass is 16.6. The van der Waals surface area contributed by atoms with Crippen LogP contribution in [0.3, 0.4) is 0 Å². The van der Waals surface area contributed by atoms with Crippen LogP contribution in [0.5, 0.6) is 0 Å². The number of unbranched alkanes of at least 4 members (excludes halogenated alkanes) is 31. The molecule has 0 rings (SSSR count). The molecule has 0 fully saturated rings. The Kier molecular flexibility index (Phi) is 63.3. The fourth-order valence-electron chi connectivity index (χ4n) is 9.24. The lowest BCUT2D eigenvalue weighted by molar-refractivity contribution is -0.167. The summed E-state index contributed by atoms with van der Waals surface area (Å²) in [5, 5.41) is 0. The standard InChI is InChI=1S/C73H124O6/c1-4-7-10-13-16-19-22-25-28-30-32-33-34-35-36-37-38-39-40-41-42-44-45-48-51-54-57-60-63-66-72(75)78-69-70(68-77-71(74)65-62-59-56-53-50-47-27-24-21-18-15-12-9-6-3)79-73(76)67-64-61-58-55-52-49-46-43-31-29-26-23-20-17-14-11-8-5-2/h7,10,16,19,24-25,27-29,31-33,35-36,38-39,41-42,70H,4-6,8-9,11-15,17-18,20-23,26,30,34,37,40,43-69H2,1-3H3/b10-7-,19-16-,27-24-,28-25-,31-29-,33-32-,36-35-,39-38-,42-41-. The fourth-order valence-corrected chi connectivity index (χ4v) is 9.24. The van der Waals surface area contributed by atoms with Gasteiger partial charge in [-0.25, -0.2) is 0 Å². The molecule has 0 bridgehead atoms. The highest BCUT2D eigenvalue weighted by Gasteiger charge is 2.19. The average molecular weight is 1100 g/mol. The third kappa shape index (κ3) is 64.8. The maximum atomic E-state index is 12.9. The number of allylic oxidation sites excluding steroid dienone is 18. The van der Waals surface area contributed by atoms with Crippen molar-refractivity contribution in [3.05, 3.63) is 109 Å². The quantitative estimate of drug-likeness (QED) is 0.0261. The minimum Gasteiger partial charge on any atom is -0.462 e. The van der Waals surface area contributed by atoms with Gasteiger partial charge in [-0.2, -0.15) is 0 Å². The van der Waals surface area contributed by atoms with Crippen molar-refractivity contribution in [2.24, 2.45) is 0 Å². The number of esters is 3. The van der Waals surface area contributed by atoms with Crippen LogP contribution in [0.4, 0.5) is 0 Å². The maximum absolute atomic E-state index is 12.9. The molecule has 0 aromatic heterocycles. The zero-order valence-electron chi connectivity index (χ0n) is 51.9. The van der Waals surface area contributed by atoms with Crippen LogP contribution >= 0.6 is 0 Å². The van der Waals surface area contributed by atoms with E-state index in [1.54, 1.807) is 0 Å². The Morgan fingerprint density at radius 3 is 0.785 bits per heavy atom. The summed E-state index contributed by atoms with van der Waals surface area (Å²) in [6.45, 7) is 6.52. The van der Waals surface area contributed by atoms with E-state index in [-0.39, 0.29) is 31.1 Å². The number of carbonyl (C=O) groups excluding carboxylic acids is 3. The SMILES string of the molecule is CC/C=C\C/C=C\C/C=C\C/C=C\C/C=C\C/C=C\C/C=C\CCCCCCCCCC(=O)OCC(COC(=O)CCCCCCC/C=C\CCCCCCC)OC(=O)CCCCCCCCC/C=C\CCCCCCCCC. The van der Waals surface area contributed by atoms with E-state index in [2.05, 4.69) is 130 Å². The molecule has 0 radical (unpaired) electrons. The van der Waals surface area contributed by atoms with E-state index in [9.17, 15) is 14.4 Å². The summed E-state index contributed by atoms with van der Waals surface area (Å²) >= 11 is 0.